The smallest absolute Gasteiger partial charge is 0.0487 e. The minimum absolute atomic E-state index is 0.0560. The van der Waals surface area contributed by atoms with Gasteiger partial charge in [-0.1, -0.05) is 19.1 Å². The summed E-state index contributed by atoms with van der Waals surface area (Å²) < 4.78 is 0. The number of aliphatic hydroxyl groups is 1. The van der Waals surface area contributed by atoms with Gasteiger partial charge in [-0.05, 0) is 43.4 Å². The highest BCUT2D eigenvalue weighted by Crippen LogP contribution is 2.50. The van der Waals surface area contributed by atoms with Crippen LogP contribution in [0.4, 0.5) is 0 Å². The van der Waals surface area contributed by atoms with Crippen LogP contribution in [0, 0.1) is 29.6 Å². The number of aliphatic hydroxyl groups excluding tert-OH is 1. The predicted molar refractivity (Wildman–Crippen MR) is 64.3 cm³/mol. The van der Waals surface area contributed by atoms with E-state index in [1.807, 2.05) is 0 Å². The number of hydrogen-bond acceptors (Lipinski definition) is 1. The molecule has 0 aromatic rings. The molecule has 1 aliphatic carbocycles. The zero-order valence-electron chi connectivity index (χ0n) is 9.92. The summed E-state index contributed by atoms with van der Waals surface area (Å²) >= 11 is 0. The topological polar surface area (TPSA) is 20.2 Å². The Labute approximate surface area is 93.6 Å². The third kappa shape index (κ3) is 2.44. The molecular weight excluding hydrogens is 184 g/mol. The van der Waals surface area contributed by atoms with Crippen molar-refractivity contribution in [3.05, 3.63) is 12.2 Å². The van der Waals surface area contributed by atoms with Gasteiger partial charge in [0.1, 0.15) is 0 Å². The van der Waals surface area contributed by atoms with Gasteiger partial charge in [-0.3, -0.25) is 0 Å². The summed E-state index contributed by atoms with van der Waals surface area (Å²) in [6.45, 7) is 8.60. The highest BCUT2D eigenvalue weighted by Gasteiger charge is 2.44. The monoisotopic (exact) mass is 206 g/mol. The molecule has 0 aromatic carbocycles. The van der Waals surface area contributed by atoms with E-state index in [-0.39, 0.29) is 12.0 Å². The lowest BCUT2D eigenvalue weighted by atomic mass is 9.73. The van der Waals surface area contributed by atoms with Crippen LogP contribution in [-0.2, 0) is 0 Å². The molecule has 0 aromatic heterocycles. The second kappa shape index (κ2) is 4.86. The van der Waals surface area contributed by atoms with Crippen molar-refractivity contribution in [2.45, 2.75) is 39.5 Å². The lowest BCUT2D eigenvalue weighted by molar-refractivity contribution is 0.0886. The zero-order chi connectivity index (χ0) is 11.5. The zero-order valence-corrected chi connectivity index (χ0v) is 9.92. The van der Waals surface area contributed by atoms with Gasteiger partial charge in [0.25, 0.3) is 0 Å². The summed E-state index contributed by atoms with van der Waals surface area (Å²) in [5.41, 5.74) is 1.30. The van der Waals surface area contributed by atoms with Crippen LogP contribution in [0.15, 0.2) is 12.2 Å². The lowest BCUT2D eigenvalue weighted by Crippen LogP contribution is -2.29. The maximum Gasteiger partial charge on any atom is 0.0487 e. The molecule has 84 valence electrons. The van der Waals surface area contributed by atoms with Gasteiger partial charge in [0.2, 0.25) is 0 Å². The summed E-state index contributed by atoms with van der Waals surface area (Å²) in [4.78, 5) is 0. The molecule has 1 N–H and O–H groups in total. The van der Waals surface area contributed by atoms with Crippen LogP contribution in [0.5, 0.6) is 0 Å². The van der Waals surface area contributed by atoms with Crippen LogP contribution in [0.2, 0.25) is 0 Å². The Morgan fingerprint density at radius 1 is 1.67 bits per heavy atom. The van der Waals surface area contributed by atoms with Gasteiger partial charge in [0.15, 0.2) is 0 Å². The van der Waals surface area contributed by atoms with Crippen molar-refractivity contribution < 1.29 is 5.11 Å². The van der Waals surface area contributed by atoms with E-state index in [9.17, 15) is 5.11 Å². The first-order valence-electron chi connectivity index (χ1n) is 5.75. The standard InChI is InChI=1S/C14H22O/c1-5-6-7-13-12(11(2)3)8-9-14(13,4)10-15/h1,12-13,15H,2,6-10H2,3-4H3/t12-,13-,14+/m0/s1. The molecule has 0 heterocycles. The molecular formula is C14H22O. The Morgan fingerprint density at radius 2 is 2.33 bits per heavy atom. The molecule has 1 fully saturated rings. The van der Waals surface area contributed by atoms with E-state index in [4.69, 9.17) is 6.42 Å². The van der Waals surface area contributed by atoms with Crippen LogP contribution in [0.3, 0.4) is 0 Å². The van der Waals surface area contributed by atoms with E-state index in [1.165, 1.54) is 5.57 Å². The van der Waals surface area contributed by atoms with Crippen LogP contribution in [0.1, 0.15) is 39.5 Å². The molecule has 1 nitrogen and oxygen atoms in total. The minimum atomic E-state index is 0.0560. The molecule has 0 spiro atoms. The number of allylic oxidation sites excluding steroid dienone is 1. The van der Waals surface area contributed by atoms with Gasteiger partial charge < -0.3 is 5.11 Å². The molecule has 1 aliphatic rings. The second-order valence-electron chi connectivity index (χ2n) is 5.15. The maximum absolute atomic E-state index is 9.51. The van der Waals surface area contributed by atoms with Crippen molar-refractivity contribution in [1.82, 2.24) is 0 Å². The van der Waals surface area contributed by atoms with Crippen molar-refractivity contribution in [2.24, 2.45) is 17.3 Å². The first kappa shape index (κ1) is 12.3. The predicted octanol–water partition coefficient (Wildman–Crippen LogP) is 3.00. The summed E-state index contributed by atoms with van der Waals surface area (Å²) in [6.07, 6.45) is 9.40. The minimum Gasteiger partial charge on any atom is -0.396 e. The molecule has 0 aliphatic heterocycles. The van der Waals surface area contributed by atoms with Gasteiger partial charge in [0, 0.05) is 13.0 Å². The summed E-state index contributed by atoms with van der Waals surface area (Å²) in [7, 11) is 0. The van der Waals surface area contributed by atoms with E-state index in [2.05, 4.69) is 26.3 Å². The summed E-state index contributed by atoms with van der Waals surface area (Å²) in [6, 6.07) is 0. The average Bonchev–Trinajstić information content (AvgIpc) is 2.54. The van der Waals surface area contributed by atoms with Crippen molar-refractivity contribution in [3.63, 3.8) is 0 Å². The molecule has 1 saturated carbocycles. The van der Waals surface area contributed by atoms with Crippen LogP contribution in [0.25, 0.3) is 0 Å². The lowest BCUT2D eigenvalue weighted by Gasteiger charge is -2.32. The van der Waals surface area contributed by atoms with E-state index in [1.54, 1.807) is 0 Å². The average molecular weight is 206 g/mol. The van der Waals surface area contributed by atoms with E-state index in [0.29, 0.717) is 11.8 Å². The number of terminal acetylenes is 1. The normalized spacial score (nSPS) is 35.1. The quantitative estimate of drug-likeness (QED) is 0.554. The summed E-state index contributed by atoms with van der Waals surface area (Å²) in [5, 5.41) is 9.51. The Morgan fingerprint density at radius 3 is 2.80 bits per heavy atom. The fourth-order valence-corrected chi connectivity index (χ4v) is 2.93. The molecule has 3 atom stereocenters. The van der Waals surface area contributed by atoms with Gasteiger partial charge in [-0.15, -0.1) is 12.3 Å². The maximum atomic E-state index is 9.51. The highest BCUT2D eigenvalue weighted by atomic mass is 16.3. The summed E-state index contributed by atoms with van der Waals surface area (Å²) in [5.74, 6) is 3.77. The van der Waals surface area contributed by atoms with Crippen molar-refractivity contribution >= 4 is 0 Å². The van der Waals surface area contributed by atoms with Crippen molar-refractivity contribution in [2.75, 3.05) is 6.61 Å². The molecule has 0 saturated heterocycles. The van der Waals surface area contributed by atoms with Crippen molar-refractivity contribution in [3.8, 4) is 12.3 Å². The van der Waals surface area contributed by atoms with Gasteiger partial charge >= 0.3 is 0 Å². The molecule has 0 unspecified atom stereocenters. The fraction of sp³-hybridized carbons (Fsp3) is 0.714. The Hall–Kier alpha value is -0.740. The van der Waals surface area contributed by atoms with E-state index >= 15 is 0 Å². The Bertz CT molecular complexity index is 274. The Balaban J connectivity index is 2.78. The van der Waals surface area contributed by atoms with Gasteiger partial charge in [-0.25, -0.2) is 0 Å². The second-order valence-corrected chi connectivity index (χ2v) is 5.15. The largest absolute Gasteiger partial charge is 0.396 e. The number of hydrogen-bond donors (Lipinski definition) is 1. The molecule has 0 amide bonds. The van der Waals surface area contributed by atoms with Crippen molar-refractivity contribution in [1.29, 1.82) is 0 Å². The Kier molecular flexibility index (Phi) is 3.99. The van der Waals surface area contributed by atoms with Crippen LogP contribution >= 0.6 is 0 Å². The van der Waals surface area contributed by atoms with E-state index in [0.717, 1.165) is 25.7 Å². The SMILES string of the molecule is C#CCC[C@H]1[C@H](C(=C)C)CC[C@]1(C)CO. The van der Waals surface area contributed by atoms with Gasteiger partial charge in [-0.2, -0.15) is 0 Å². The van der Waals surface area contributed by atoms with Gasteiger partial charge in [0.05, 0.1) is 0 Å². The first-order chi connectivity index (χ1) is 7.05. The molecule has 1 rings (SSSR count). The highest BCUT2D eigenvalue weighted by molar-refractivity contribution is 5.08. The molecule has 1 heteroatoms. The van der Waals surface area contributed by atoms with E-state index < -0.39 is 0 Å². The third-order valence-corrected chi connectivity index (χ3v) is 4.00. The number of rotatable bonds is 4. The van der Waals surface area contributed by atoms with Crippen LogP contribution < -0.4 is 0 Å². The molecule has 0 radical (unpaired) electrons. The fourth-order valence-electron chi connectivity index (χ4n) is 2.93. The molecule has 0 bridgehead atoms. The third-order valence-electron chi connectivity index (χ3n) is 4.00. The molecule has 15 heavy (non-hydrogen) atoms. The van der Waals surface area contributed by atoms with Crippen LogP contribution in [-0.4, -0.2) is 11.7 Å². The first-order valence-corrected chi connectivity index (χ1v) is 5.75.